The Morgan fingerprint density at radius 3 is 2.32 bits per heavy atom. The quantitative estimate of drug-likeness (QED) is 0.440. The minimum Gasteiger partial charge on any atom is -0.422 e. The highest BCUT2D eigenvalue weighted by Crippen LogP contribution is 2.31. The van der Waals surface area contributed by atoms with Crippen LogP contribution in [-0.2, 0) is 15.7 Å². The number of rotatable bonds is 4. The molecule has 1 heterocycles. The summed E-state index contributed by atoms with van der Waals surface area (Å²) in [7, 11) is 0. The van der Waals surface area contributed by atoms with Crippen LogP contribution in [0.15, 0.2) is 48.5 Å². The van der Waals surface area contributed by atoms with Gasteiger partial charge < -0.3 is 14.8 Å². The van der Waals surface area contributed by atoms with Crippen LogP contribution in [0.2, 0.25) is 0 Å². The summed E-state index contributed by atoms with van der Waals surface area (Å²) in [6.07, 6.45) is -4.80. The van der Waals surface area contributed by atoms with Gasteiger partial charge in [0.2, 0.25) is 11.8 Å². The number of nitrogens with one attached hydrogen (secondary N) is 3. The van der Waals surface area contributed by atoms with Crippen LogP contribution in [0.25, 0.3) is 0 Å². The van der Waals surface area contributed by atoms with E-state index >= 15 is 0 Å². The lowest BCUT2D eigenvalue weighted by atomic mass is 10.1. The Hall–Kier alpha value is -2.87. The summed E-state index contributed by atoms with van der Waals surface area (Å²) in [5.74, 6) is -0.384. The summed E-state index contributed by atoms with van der Waals surface area (Å²) in [5, 5.41) is 18.6. The van der Waals surface area contributed by atoms with Crippen molar-refractivity contribution in [3.63, 3.8) is 0 Å². The van der Waals surface area contributed by atoms with Gasteiger partial charge in [-0.3, -0.25) is 10.8 Å². The molecule has 1 aliphatic rings. The first-order valence-corrected chi connectivity index (χ1v) is 7.35. The molecule has 0 saturated carbocycles. The molecule has 1 unspecified atom stereocenters. The molecule has 3 rings (SSSR count). The maximum Gasteiger partial charge on any atom is 0.416 e. The average Bonchev–Trinajstić information content (AvgIpc) is 3.40. The van der Waals surface area contributed by atoms with Crippen molar-refractivity contribution >= 4 is 23.2 Å². The summed E-state index contributed by atoms with van der Waals surface area (Å²) in [6.45, 7) is 0.400. The van der Waals surface area contributed by atoms with Crippen LogP contribution in [0, 0.1) is 10.8 Å². The molecular formula is C17H14F3N3O2. The molecule has 1 aliphatic heterocycles. The van der Waals surface area contributed by atoms with E-state index in [0.29, 0.717) is 23.5 Å². The van der Waals surface area contributed by atoms with Crippen molar-refractivity contribution in [2.75, 3.05) is 11.9 Å². The molecule has 130 valence electrons. The van der Waals surface area contributed by atoms with Crippen molar-refractivity contribution < 1.29 is 22.6 Å². The standard InChI is InChI=1S/C17H14F3N3O2/c18-17(19,20)10-5-7-11(8-6-10)23-13-4-2-1-3-12(13)15(21)25-16(22)14-9-24-14/h1-8,14,21-23H,9H2. The summed E-state index contributed by atoms with van der Waals surface area (Å²) in [4.78, 5) is 0. The van der Waals surface area contributed by atoms with Crippen LogP contribution in [0.1, 0.15) is 11.1 Å². The molecule has 0 bridgehead atoms. The van der Waals surface area contributed by atoms with Gasteiger partial charge >= 0.3 is 6.18 Å². The van der Waals surface area contributed by atoms with Crippen LogP contribution >= 0.6 is 0 Å². The zero-order chi connectivity index (χ0) is 18.0. The number of benzene rings is 2. The van der Waals surface area contributed by atoms with E-state index in [1.807, 2.05) is 0 Å². The van der Waals surface area contributed by atoms with E-state index in [1.165, 1.54) is 12.1 Å². The number of hydrogen-bond acceptors (Lipinski definition) is 5. The molecule has 8 heteroatoms. The molecule has 1 atom stereocenters. The van der Waals surface area contributed by atoms with Crippen LogP contribution < -0.4 is 5.32 Å². The van der Waals surface area contributed by atoms with Gasteiger partial charge in [0.15, 0.2) is 6.10 Å². The molecule has 2 aromatic rings. The molecule has 1 saturated heterocycles. The Labute approximate surface area is 141 Å². The maximum atomic E-state index is 12.6. The molecule has 3 N–H and O–H groups in total. The van der Waals surface area contributed by atoms with E-state index in [9.17, 15) is 13.2 Å². The number of hydrogen-bond donors (Lipinski definition) is 3. The molecule has 0 aromatic heterocycles. The smallest absolute Gasteiger partial charge is 0.416 e. The predicted octanol–water partition coefficient (Wildman–Crippen LogP) is 4.17. The summed E-state index contributed by atoms with van der Waals surface area (Å²) < 4.78 is 47.9. The van der Waals surface area contributed by atoms with Gasteiger partial charge in [-0.2, -0.15) is 13.2 Å². The van der Waals surface area contributed by atoms with Crippen molar-refractivity contribution in [3.8, 4) is 0 Å². The predicted molar refractivity (Wildman–Crippen MR) is 86.5 cm³/mol. The third-order valence-corrected chi connectivity index (χ3v) is 3.50. The van der Waals surface area contributed by atoms with E-state index in [0.717, 1.165) is 12.1 Å². The Morgan fingerprint density at radius 1 is 1.08 bits per heavy atom. The van der Waals surface area contributed by atoms with E-state index in [-0.39, 0.29) is 11.8 Å². The second-order valence-electron chi connectivity index (χ2n) is 5.36. The molecule has 5 nitrogen and oxygen atoms in total. The third-order valence-electron chi connectivity index (χ3n) is 3.50. The molecule has 1 fully saturated rings. The van der Waals surface area contributed by atoms with Gasteiger partial charge in [0.05, 0.1) is 23.4 Å². The number of halogens is 3. The van der Waals surface area contributed by atoms with Gasteiger partial charge in [0, 0.05) is 5.69 Å². The van der Waals surface area contributed by atoms with Crippen molar-refractivity contribution in [2.45, 2.75) is 12.3 Å². The maximum absolute atomic E-state index is 12.6. The van der Waals surface area contributed by atoms with Crippen molar-refractivity contribution in [1.29, 1.82) is 10.8 Å². The Kier molecular flexibility index (Phi) is 4.45. The average molecular weight is 349 g/mol. The molecule has 0 radical (unpaired) electrons. The summed E-state index contributed by atoms with van der Waals surface area (Å²) in [5.41, 5.74) is 0.568. The van der Waals surface area contributed by atoms with E-state index in [4.69, 9.17) is 20.3 Å². The summed E-state index contributed by atoms with van der Waals surface area (Å²) in [6, 6.07) is 11.3. The Morgan fingerprint density at radius 2 is 1.72 bits per heavy atom. The van der Waals surface area contributed by atoms with Gasteiger partial charge in [-0.25, -0.2) is 0 Å². The fourth-order valence-electron chi connectivity index (χ4n) is 2.12. The first-order chi connectivity index (χ1) is 11.8. The molecule has 25 heavy (non-hydrogen) atoms. The minimum atomic E-state index is -4.39. The zero-order valence-electron chi connectivity index (χ0n) is 12.9. The Balaban J connectivity index is 1.76. The zero-order valence-corrected chi connectivity index (χ0v) is 12.9. The highest BCUT2D eigenvalue weighted by atomic mass is 19.4. The van der Waals surface area contributed by atoms with Crippen molar-refractivity contribution in [1.82, 2.24) is 0 Å². The lowest BCUT2D eigenvalue weighted by Crippen LogP contribution is -2.17. The first kappa shape index (κ1) is 17.0. The molecule has 0 spiro atoms. The largest absolute Gasteiger partial charge is 0.422 e. The molecule has 2 aromatic carbocycles. The number of anilines is 2. The monoisotopic (exact) mass is 349 g/mol. The van der Waals surface area contributed by atoms with Crippen molar-refractivity contribution in [3.05, 3.63) is 59.7 Å². The molecule has 0 aliphatic carbocycles. The van der Waals surface area contributed by atoms with E-state index < -0.39 is 17.8 Å². The normalized spacial score (nSPS) is 16.2. The summed E-state index contributed by atoms with van der Waals surface area (Å²) >= 11 is 0. The van der Waals surface area contributed by atoms with Crippen LogP contribution in [-0.4, -0.2) is 24.5 Å². The molecule has 0 amide bonds. The van der Waals surface area contributed by atoms with Gasteiger partial charge in [0.1, 0.15) is 0 Å². The minimum absolute atomic E-state index is 0.144. The molecular weight excluding hydrogens is 335 g/mol. The van der Waals surface area contributed by atoms with Gasteiger partial charge in [-0.05, 0) is 36.4 Å². The number of para-hydroxylation sites is 1. The van der Waals surface area contributed by atoms with Crippen LogP contribution in [0.5, 0.6) is 0 Å². The SMILES string of the molecule is N=C(OC(=N)C1CO1)c1ccccc1Nc1ccc(C(F)(F)F)cc1. The van der Waals surface area contributed by atoms with Gasteiger partial charge in [-0.15, -0.1) is 0 Å². The van der Waals surface area contributed by atoms with E-state index in [2.05, 4.69) is 5.32 Å². The second-order valence-corrected chi connectivity index (χ2v) is 5.36. The van der Waals surface area contributed by atoms with Crippen molar-refractivity contribution in [2.24, 2.45) is 0 Å². The fourth-order valence-corrected chi connectivity index (χ4v) is 2.12. The topological polar surface area (TPSA) is 81.5 Å². The van der Waals surface area contributed by atoms with Crippen LogP contribution in [0.3, 0.4) is 0 Å². The Bertz CT molecular complexity index is 800. The second kappa shape index (κ2) is 6.56. The number of epoxide rings is 1. The third kappa shape index (κ3) is 4.16. The highest BCUT2D eigenvalue weighted by Gasteiger charge is 2.31. The number of alkyl halides is 3. The van der Waals surface area contributed by atoms with Crippen LogP contribution in [0.4, 0.5) is 24.5 Å². The first-order valence-electron chi connectivity index (χ1n) is 7.35. The fraction of sp³-hybridized carbons (Fsp3) is 0.176. The number of ether oxygens (including phenoxy) is 2. The lowest BCUT2D eigenvalue weighted by Gasteiger charge is -2.14. The van der Waals surface area contributed by atoms with Gasteiger partial charge in [-0.1, -0.05) is 12.1 Å². The van der Waals surface area contributed by atoms with E-state index in [1.54, 1.807) is 24.3 Å². The van der Waals surface area contributed by atoms with Gasteiger partial charge in [0.25, 0.3) is 0 Å². The highest BCUT2D eigenvalue weighted by molar-refractivity contribution is 6.04. The lowest BCUT2D eigenvalue weighted by molar-refractivity contribution is -0.137.